The zero-order chi connectivity index (χ0) is 7.07. The number of hydrogen-bond acceptors (Lipinski definition) is 2. The van der Waals surface area contributed by atoms with E-state index in [2.05, 4.69) is 5.32 Å². The zero-order valence-electron chi connectivity index (χ0n) is 4.44. The number of halogens is 3. The Kier molecular flexibility index (Phi) is 1.40. The summed E-state index contributed by atoms with van der Waals surface area (Å²) in [5.74, 6) is 0. The molecule has 1 rings (SSSR count). The quantitative estimate of drug-likeness (QED) is 0.493. The first-order valence-corrected chi connectivity index (χ1v) is 2.50. The summed E-state index contributed by atoms with van der Waals surface area (Å²) in [6.45, 7) is 0.0458. The van der Waals surface area contributed by atoms with Crippen LogP contribution in [0.2, 0.25) is 0 Å². The lowest BCUT2D eigenvalue weighted by Gasteiger charge is -2.35. The average Bonchev–Trinajstić information content (AvgIpc) is 1.57. The highest BCUT2D eigenvalue weighted by Crippen LogP contribution is 2.26. The summed E-state index contributed by atoms with van der Waals surface area (Å²) < 4.78 is 34.6. The van der Waals surface area contributed by atoms with Crippen LogP contribution in [0.1, 0.15) is 0 Å². The van der Waals surface area contributed by atoms with Crippen LogP contribution in [0.5, 0.6) is 0 Å². The van der Waals surface area contributed by atoms with E-state index in [9.17, 15) is 13.2 Å². The molecule has 0 aromatic carbocycles. The number of hydrogen-bond donors (Lipinski definition) is 2. The Morgan fingerprint density at radius 1 is 1.44 bits per heavy atom. The molecule has 0 unspecified atom stereocenters. The standard InChI is InChI=1S/C4H6F3NO/c5-4(6,7)3-2(9)1-8-3/h2-3,8-9H,1H2/t2-,3+/m0/s1. The Labute approximate surface area is 49.7 Å². The van der Waals surface area contributed by atoms with Crippen LogP contribution in [-0.2, 0) is 0 Å². The molecule has 0 spiro atoms. The highest BCUT2D eigenvalue weighted by atomic mass is 19.4. The lowest BCUT2D eigenvalue weighted by molar-refractivity contribution is -0.198. The van der Waals surface area contributed by atoms with Crippen LogP contribution >= 0.6 is 0 Å². The second-order valence-electron chi connectivity index (χ2n) is 1.99. The first kappa shape index (κ1) is 6.82. The molecule has 1 aliphatic heterocycles. The van der Waals surface area contributed by atoms with Crippen LogP contribution in [0, 0.1) is 0 Å². The van der Waals surface area contributed by atoms with E-state index in [1.54, 1.807) is 0 Å². The van der Waals surface area contributed by atoms with Crippen molar-refractivity contribution >= 4 is 0 Å². The third-order valence-corrected chi connectivity index (χ3v) is 1.28. The van der Waals surface area contributed by atoms with Crippen molar-refractivity contribution in [3.8, 4) is 0 Å². The first-order chi connectivity index (χ1) is 4.02. The smallest absolute Gasteiger partial charge is 0.390 e. The van der Waals surface area contributed by atoms with Gasteiger partial charge in [0.05, 0.1) is 6.10 Å². The van der Waals surface area contributed by atoms with Crippen molar-refractivity contribution < 1.29 is 18.3 Å². The summed E-state index contributed by atoms with van der Waals surface area (Å²) in [6.07, 6.45) is -5.54. The van der Waals surface area contributed by atoms with Gasteiger partial charge in [0.2, 0.25) is 0 Å². The maximum atomic E-state index is 11.5. The molecule has 0 radical (unpaired) electrons. The summed E-state index contributed by atoms with van der Waals surface area (Å²) >= 11 is 0. The summed E-state index contributed by atoms with van der Waals surface area (Å²) in [5.41, 5.74) is 0. The fourth-order valence-electron chi connectivity index (χ4n) is 0.675. The number of alkyl halides is 3. The second kappa shape index (κ2) is 1.85. The minimum Gasteiger partial charge on any atom is -0.390 e. The number of β-amino-alcohol motifs (C(OH)–C–C–N with tert-alkyl or cyclic N) is 1. The lowest BCUT2D eigenvalue weighted by atomic mass is 10.0. The van der Waals surface area contributed by atoms with Gasteiger partial charge in [-0.2, -0.15) is 13.2 Å². The molecule has 1 fully saturated rings. The summed E-state index contributed by atoms with van der Waals surface area (Å²) in [7, 11) is 0. The van der Waals surface area contributed by atoms with Crippen molar-refractivity contribution in [2.45, 2.75) is 18.3 Å². The van der Waals surface area contributed by atoms with Gasteiger partial charge < -0.3 is 10.4 Å². The molecule has 0 amide bonds. The molecule has 0 aromatic rings. The van der Waals surface area contributed by atoms with Crippen molar-refractivity contribution in [3.05, 3.63) is 0 Å². The Morgan fingerprint density at radius 2 is 2.00 bits per heavy atom. The van der Waals surface area contributed by atoms with Gasteiger partial charge in [0.1, 0.15) is 6.04 Å². The van der Waals surface area contributed by atoms with Gasteiger partial charge >= 0.3 is 6.18 Å². The molecule has 2 atom stereocenters. The highest BCUT2D eigenvalue weighted by Gasteiger charge is 2.49. The lowest BCUT2D eigenvalue weighted by Crippen LogP contribution is -2.64. The van der Waals surface area contributed by atoms with Crippen molar-refractivity contribution in [3.63, 3.8) is 0 Å². The first-order valence-electron chi connectivity index (χ1n) is 2.50. The fraction of sp³-hybridized carbons (Fsp3) is 1.00. The Hall–Kier alpha value is -0.290. The van der Waals surface area contributed by atoms with E-state index in [0.717, 1.165) is 0 Å². The maximum Gasteiger partial charge on any atom is 0.406 e. The molecule has 2 N–H and O–H groups in total. The minimum absolute atomic E-state index is 0.0458. The Balaban J connectivity index is 2.44. The summed E-state index contributed by atoms with van der Waals surface area (Å²) in [4.78, 5) is 0. The predicted octanol–water partition coefficient (Wildman–Crippen LogP) is -0.119. The predicted molar refractivity (Wildman–Crippen MR) is 23.9 cm³/mol. The van der Waals surface area contributed by atoms with Crippen LogP contribution in [0.3, 0.4) is 0 Å². The van der Waals surface area contributed by atoms with Crippen molar-refractivity contribution in [1.82, 2.24) is 5.32 Å². The van der Waals surface area contributed by atoms with Gasteiger partial charge in [-0.25, -0.2) is 0 Å². The van der Waals surface area contributed by atoms with Gasteiger partial charge in [-0.05, 0) is 0 Å². The molecular formula is C4H6F3NO. The topological polar surface area (TPSA) is 32.3 Å². The van der Waals surface area contributed by atoms with Crippen molar-refractivity contribution in [2.75, 3.05) is 6.54 Å². The second-order valence-corrected chi connectivity index (χ2v) is 1.99. The third kappa shape index (κ3) is 1.16. The van der Waals surface area contributed by atoms with E-state index >= 15 is 0 Å². The van der Waals surface area contributed by atoms with E-state index in [4.69, 9.17) is 5.11 Å². The monoisotopic (exact) mass is 141 g/mol. The van der Waals surface area contributed by atoms with Crippen molar-refractivity contribution in [2.24, 2.45) is 0 Å². The molecule has 0 aliphatic carbocycles. The SMILES string of the molecule is O[C@H]1CN[C@H]1C(F)(F)F. The van der Waals surface area contributed by atoms with E-state index < -0.39 is 18.3 Å². The molecule has 0 saturated carbocycles. The van der Waals surface area contributed by atoms with Gasteiger partial charge in [-0.1, -0.05) is 0 Å². The molecular weight excluding hydrogens is 135 g/mol. The maximum absolute atomic E-state index is 11.5. The van der Waals surface area contributed by atoms with Crippen LogP contribution in [0.15, 0.2) is 0 Å². The molecule has 0 aromatic heterocycles. The molecule has 1 aliphatic rings. The summed E-state index contributed by atoms with van der Waals surface area (Å²) in [5, 5.41) is 10.5. The molecule has 9 heavy (non-hydrogen) atoms. The van der Waals surface area contributed by atoms with E-state index in [0.29, 0.717) is 0 Å². The van der Waals surface area contributed by atoms with Gasteiger partial charge in [-0.3, -0.25) is 0 Å². The minimum atomic E-state index is -4.29. The number of nitrogens with one attached hydrogen (secondary N) is 1. The average molecular weight is 141 g/mol. The van der Waals surface area contributed by atoms with E-state index in [1.807, 2.05) is 0 Å². The van der Waals surface area contributed by atoms with E-state index in [-0.39, 0.29) is 6.54 Å². The molecule has 1 saturated heterocycles. The molecule has 1 heterocycles. The van der Waals surface area contributed by atoms with Gasteiger partial charge in [0, 0.05) is 6.54 Å². The van der Waals surface area contributed by atoms with Gasteiger partial charge in [0.25, 0.3) is 0 Å². The van der Waals surface area contributed by atoms with E-state index in [1.165, 1.54) is 0 Å². The number of rotatable bonds is 0. The third-order valence-electron chi connectivity index (χ3n) is 1.28. The number of aliphatic hydroxyl groups excluding tert-OH is 1. The van der Waals surface area contributed by atoms with Crippen molar-refractivity contribution in [1.29, 1.82) is 0 Å². The van der Waals surface area contributed by atoms with Crippen LogP contribution in [0.25, 0.3) is 0 Å². The Bertz CT molecular complexity index is 113. The molecule has 5 heteroatoms. The fourth-order valence-corrected chi connectivity index (χ4v) is 0.675. The highest BCUT2D eigenvalue weighted by molar-refractivity contribution is 4.92. The largest absolute Gasteiger partial charge is 0.406 e. The normalized spacial score (nSPS) is 36.0. The number of aliphatic hydroxyl groups is 1. The van der Waals surface area contributed by atoms with Crippen LogP contribution < -0.4 is 5.32 Å². The zero-order valence-corrected chi connectivity index (χ0v) is 4.44. The van der Waals surface area contributed by atoms with Crippen LogP contribution in [0.4, 0.5) is 13.2 Å². The molecule has 2 nitrogen and oxygen atoms in total. The molecule has 0 bridgehead atoms. The van der Waals surface area contributed by atoms with Gasteiger partial charge in [0.15, 0.2) is 0 Å². The molecule has 54 valence electrons. The van der Waals surface area contributed by atoms with Crippen LogP contribution in [-0.4, -0.2) is 30.0 Å². The van der Waals surface area contributed by atoms with Gasteiger partial charge in [-0.15, -0.1) is 0 Å². The summed E-state index contributed by atoms with van der Waals surface area (Å²) in [6, 6.07) is -1.70. The Morgan fingerprint density at radius 3 is 2.00 bits per heavy atom.